The average Bonchev–Trinajstić information content (AvgIpc) is 3.21. The van der Waals surface area contributed by atoms with Crippen molar-refractivity contribution in [1.29, 1.82) is 0 Å². The second kappa shape index (κ2) is 10.9. The van der Waals surface area contributed by atoms with Gasteiger partial charge in [-0.15, -0.1) is 11.8 Å². The van der Waals surface area contributed by atoms with Crippen molar-refractivity contribution in [2.75, 3.05) is 12.9 Å². The fourth-order valence-electron chi connectivity index (χ4n) is 3.71. The van der Waals surface area contributed by atoms with E-state index in [0.717, 1.165) is 18.4 Å². The maximum Gasteiger partial charge on any atom is 0.329 e. The van der Waals surface area contributed by atoms with Crippen LogP contribution in [0.5, 0.6) is 0 Å². The van der Waals surface area contributed by atoms with Gasteiger partial charge in [0, 0.05) is 21.9 Å². The molecule has 1 saturated heterocycles. The summed E-state index contributed by atoms with van der Waals surface area (Å²) in [6.45, 7) is 2.20. The molecule has 30 heavy (non-hydrogen) atoms. The van der Waals surface area contributed by atoms with Crippen LogP contribution in [-0.2, 0) is 16.0 Å². The predicted octanol–water partition coefficient (Wildman–Crippen LogP) is 5.89. The number of methoxy groups -OCH3 is 1. The number of aryl methyl sites for hydroxylation is 1. The molecule has 1 aliphatic heterocycles. The molecule has 2 atom stereocenters. The number of carbonyl (C=O) groups excluding carboxylic acids is 2. The van der Waals surface area contributed by atoms with E-state index >= 15 is 0 Å². The number of thioether (sulfide) groups is 1. The Bertz CT molecular complexity index is 871. The number of esters is 1. The minimum atomic E-state index is -0.637. The van der Waals surface area contributed by atoms with Gasteiger partial charge in [-0.1, -0.05) is 68.1 Å². The van der Waals surface area contributed by atoms with Gasteiger partial charge >= 0.3 is 5.97 Å². The SMILES string of the molecule is CCCCCCc1ccc(C(=O)N2C(C(=O)OC)CSC2c2ccccc2Cl)cc1. The summed E-state index contributed by atoms with van der Waals surface area (Å²) in [4.78, 5) is 27.4. The molecule has 160 valence electrons. The van der Waals surface area contributed by atoms with Crippen molar-refractivity contribution in [2.45, 2.75) is 50.4 Å². The van der Waals surface area contributed by atoms with Crippen LogP contribution in [0.15, 0.2) is 48.5 Å². The molecule has 1 heterocycles. The molecular weight excluding hydrogens is 418 g/mol. The fraction of sp³-hybridized carbons (Fsp3) is 0.417. The van der Waals surface area contributed by atoms with E-state index in [1.54, 1.807) is 11.0 Å². The summed E-state index contributed by atoms with van der Waals surface area (Å²) >= 11 is 7.94. The molecule has 6 heteroatoms. The molecule has 4 nitrogen and oxygen atoms in total. The lowest BCUT2D eigenvalue weighted by molar-refractivity contribution is -0.145. The third-order valence-corrected chi connectivity index (χ3v) is 7.05. The van der Waals surface area contributed by atoms with Gasteiger partial charge in [-0.3, -0.25) is 4.79 Å². The summed E-state index contributed by atoms with van der Waals surface area (Å²) < 4.78 is 4.97. The van der Waals surface area contributed by atoms with Gasteiger partial charge in [0.15, 0.2) is 0 Å². The Labute approximate surface area is 187 Å². The van der Waals surface area contributed by atoms with Crippen LogP contribution in [0.4, 0.5) is 0 Å². The van der Waals surface area contributed by atoms with E-state index in [2.05, 4.69) is 6.92 Å². The topological polar surface area (TPSA) is 46.6 Å². The monoisotopic (exact) mass is 445 g/mol. The quantitative estimate of drug-likeness (QED) is 0.375. The predicted molar refractivity (Wildman–Crippen MR) is 123 cm³/mol. The third kappa shape index (κ3) is 5.19. The molecule has 0 aromatic heterocycles. The van der Waals surface area contributed by atoms with Crippen LogP contribution < -0.4 is 0 Å². The smallest absolute Gasteiger partial charge is 0.329 e. The maximum absolute atomic E-state index is 13.4. The molecule has 1 amide bonds. The number of halogens is 1. The maximum atomic E-state index is 13.4. The molecule has 0 spiro atoms. The van der Waals surface area contributed by atoms with Crippen LogP contribution in [0.2, 0.25) is 5.02 Å². The minimum Gasteiger partial charge on any atom is -0.467 e. The highest BCUT2D eigenvalue weighted by atomic mass is 35.5. The molecule has 2 unspecified atom stereocenters. The number of ether oxygens (including phenoxy) is 1. The molecule has 3 rings (SSSR count). The summed E-state index contributed by atoms with van der Waals surface area (Å²) in [5, 5.41) is 0.254. The standard InChI is InChI=1S/C24H28ClNO3S/c1-3-4-5-6-9-17-12-14-18(15-13-17)22(27)26-21(24(28)29-2)16-30-23(26)19-10-7-8-11-20(19)25/h7-8,10-15,21,23H,3-6,9,16H2,1-2H3. The van der Waals surface area contributed by atoms with Crippen molar-refractivity contribution in [3.8, 4) is 0 Å². The van der Waals surface area contributed by atoms with Gasteiger partial charge in [-0.25, -0.2) is 4.79 Å². The normalized spacial score (nSPS) is 18.4. The average molecular weight is 446 g/mol. The Balaban J connectivity index is 1.82. The van der Waals surface area contributed by atoms with Crippen molar-refractivity contribution in [1.82, 2.24) is 4.90 Å². The van der Waals surface area contributed by atoms with Crippen molar-refractivity contribution in [3.05, 3.63) is 70.2 Å². The molecule has 0 aliphatic carbocycles. The highest BCUT2D eigenvalue weighted by Gasteiger charge is 2.43. The van der Waals surface area contributed by atoms with Crippen LogP contribution in [-0.4, -0.2) is 35.7 Å². The van der Waals surface area contributed by atoms with Crippen molar-refractivity contribution in [3.63, 3.8) is 0 Å². The highest BCUT2D eigenvalue weighted by molar-refractivity contribution is 7.99. The summed E-state index contributed by atoms with van der Waals surface area (Å²) in [5.74, 6) is -0.111. The van der Waals surface area contributed by atoms with Gasteiger partial charge < -0.3 is 9.64 Å². The number of benzene rings is 2. The Kier molecular flexibility index (Phi) is 8.23. The Hall–Kier alpha value is -1.98. The molecule has 0 bridgehead atoms. The molecule has 1 fully saturated rings. The summed E-state index contributed by atoms with van der Waals surface area (Å²) in [6, 6.07) is 14.6. The second-order valence-electron chi connectivity index (χ2n) is 7.47. The summed E-state index contributed by atoms with van der Waals surface area (Å²) in [7, 11) is 1.35. The molecule has 0 saturated carbocycles. The number of hydrogen-bond donors (Lipinski definition) is 0. The van der Waals surface area contributed by atoms with Crippen LogP contribution in [0, 0.1) is 0 Å². The van der Waals surface area contributed by atoms with E-state index in [1.807, 2.05) is 42.5 Å². The molecule has 0 N–H and O–H groups in total. The zero-order valence-corrected chi connectivity index (χ0v) is 19.0. The first-order valence-corrected chi connectivity index (χ1v) is 11.8. The van der Waals surface area contributed by atoms with Crippen LogP contribution in [0.25, 0.3) is 0 Å². The Morgan fingerprint density at radius 3 is 2.50 bits per heavy atom. The zero-order chi connectivity index (χ0) is 21.5. The molecule has 2 aromatic rings. The largest absolute Gasteiger partial charge is 0.467 e. The zero-order valence-electron chi connectivity index (χ0n) is 17.5. The third-order valence-electron chi connectivity index (χ3n) is 5.40. The number of carbonyl (C=O) groups is 2. The van der Waals surface area contributed by atoms with Crippen LogP contribution in [0.1, 0.15) is 59.5 Å². The van der Waals surface area contributed by atoms with Gasteiger partial charge in [0.1, 0.15) is 11.4 Å². The number of nitrogens with zero attached hydrogens (tertiary/aromatic N) is 1. The number of hydrogen-bond acceptors (Lipinski definition) is 4. The number of rotatable bonds is 8. The van der Waals surface area contributed by atoms with Gasteiger partial charge in [0.25, 0.3) is 5.91 Å². The molecular formula is C24H28ClNO3S. The van der Waals surface area contributed by atoms with Gasteiger partial charge in [-0.2, -0.15) is 0 Å². The van der Waals surface area contributed by atoms with Crippen LogP contribution in [0.3, 0.4) is 0 Å². The van der Waals surface area contributed by atoms with Crippen LogP contribution >= 0.6 is 23.4 Å². The number of unbranched alkanes of at least 4 members (excludes halogenated alkanes) is 3. The van der Waals surface area contributed by atoms with E-state index < -0.39 is 12.0 Å². The Morgan fingerprint density at radius 1 is 1.10 bits per heavy atom. The minimum absolute atomic E-state index is 0.183. The van der Waals surface area contributed by atoms with E-state index in [4.69, 9.17) is 16.3 Å². The first kappa shape index (κ1) is 22.7. The lowest BCUT2D eigenvalue weighted by Gasteiger charge is -2.29. The van der Waals surface area contributed by atoms with Gasteiger partial charge in [0.2, 0.25) is 0 Å². The lowest BCUT2D eigenvalue weighted by Crippen LogP contribution is -2.43. The highest BCUT2D eigenvalue weighted by Crippen LogP contribution is 2.44. The van der Waals surface area contributed by atoms with Crippen molar-refractivity contribution < 1.29 is 14.3 Å². The second-order valence-corrected chi connectivity index (χ2v) is 8.99. The van der Waals surface area contributed by atoms with Crippen molar-refractivity contribution >= 4 is 35.2 Å². The lowest BCUT2D eigenvalue weighted by atomic mass is 10.0. The van der Waals surface area contributed by atoms with Gasteiger partial charge in [0.05, 0.1) is 7.11 Å². The van der Waals surface area contributed by atoms with Gasteiger partial charge in [-0.05, 0) is 36.6 Å². The number of amides is 1. The molecule has 2 aromatic carbocycles. The fourth-order valence-corrected chi connectivity index (χ4v) is 5.46. The summed E-state index contributed by atoms with van der Waals surface area (Å²) in [6.07, 6.45) is 5.86. The molecule has 1 aliphatic rings. The Morgan fingerprint density at radius 2 is 1.83 bits per heavy atom. The summed E-state index contributed by atoms with van der Waals surface area (Å²) in [5.41, 5.74) is 2.63. The van der Waals surface area contributed by atoms with E-state index in [-0.39, 0.29) is 11.3 Å². The van der Waals surface area contributed by atoms with E-state index in [1.165, 1.54) is 43.7 Å². The first-order chi connectivity index (χ1) is 14.6. The first-order valence-electron chi connectivity index (χ1n) is 10.4. The van der Waals surface area contributed by atoms with E-state index in [9.17, 15) is 9.59 Å². The van der Waals surface area contributed by atoms with E-state index in [0.29, 0.717) is 16.3 Å². The molecule has 0 radical (unpaired) electrons. The van der Waals surface area contributed by atoms with Crippen molar-refractivity contribution in [2.24, 2.45) is 0 Å².